The third-order valence-corrected chi connectivity index (χ3v) is 5.49. The normalized spacial score (nSPS) is 25.5. The third-order valence-electron chi connectivity index (χ3n) is 5.49. The molecule has 180 valence electrons. The van der Waals surface area contributed by atoms with Gasteiger partial charge in [0.1, 0.15) is 13.2 Å². The van der Waals surface area contributed by atoms with E-state index in [1.165, 1.54) is 0 Å². The number of rotatable bonds is 1. The van der Waals surface area contributed by atoms with Crippen LogP contribution in [0.3, 0.4) is 0 Å². The van der Waals surface area contributed by atoms with Gasteiger partial charge in [-0.05, 0) is 17.7 Å². The molecule has 8 nitrogen and oxygen atoms in total. The Labute approximate surface area is 192 Å². The molecule has 1 fully saturated rings. The first-order chi connectivity index (χ1) is 15.8. The van der Waals surface area contributed by atoms with E-state index in [9.17, 15) is 0 Å². The molecule has 3 aliphatic heterocycles. The Bertz CT molecular complexity index is 639. The summed E-state index contributed by atoms with van der Waals surface area (Å²) in [4.78, 5) is 4.59. The van der Waals surface area contributed by atoms with Crippen molar-refractivity contribution in [1.82, 2.24) is 9.80 Å². The molecule has 0 N–H and O–H groups in total. The van der Waals surface area contributed by atoms with E-state index in [0.717, 1.165) is 56.3 Å². The maximum atomic E-state index is 6.15. The quantitative estimate of drug-likeness (QED) is 0.642. The van der Waals surface area contributed by atoms with Gasteiger partial charge < -0.3 is 28.4 Å². The summed E-state index contributed by atoms with van der Waals surface area (Å²) in [6.45, 7) is 14.8. The number of fused-ring (bicyclic) bond motifs is 18. The molecule has 3 aliphatic rings. The lowest BCUT2D eigenvalue weighted by Crippen LogP contribution is -2.36. The van der Waals surface area contributed by atoms with E-state index in [1.54, 1.807) is 0 Å². The van der Waals surface area contributed by atoms with Crippen LogP contribution in [0, 0.1) is 0 Å². The highest BCUT2D eigenvalue weighted by Crippen LogP contribution is 2.29. The molecule has 0 aliphatic carbocycles. The summed E-state index contributed by atoms with van der Waals surface area (Å²) in [7, 11) is 0. The number of ether oxygens (including phenoxy) is 6. The van der Waals surface area contributed by atoms with E-state index in [2.05, 4.69) is 16.4 Å². The molecule has 8 heteroatoms. The number of hydrogen-bond donors (Lipinski definition) is 0. The summed E-state index contributed by atoms with van der Waals surface area (Å²) in [5.74, 6) is 1.50. The van der Waals surface area contributed by atoms with Crippen molar-refractivity contribution >= 4 is 6.08 Å². The van der Waals surface area contributed by atoms with Crippen molar-refractivity contribution in [2.24, 2.45) is 0 Å². The molecule has 0 radical (unpaired) electrons. The van der Waals surface area contributed by atoms with Gasteiger partial charge in [0.25, 0.3) is 0 Å². The van der Waals surface area contributed by atoms with Crippen LogP contribution >= 0.6 is 0 Å². The van der Waals surface area contributed by atoms with Crippen LogP contribution in [0.4, 0.5) is 0 Å². The minimum absolute atomic E-state index is 0.551. The Morgan fingerprint density at radius 1 is 0.562 bits per heavy atom. The molecule has 0 spiro atoms. The zero-order valence-corrected chi connectivity index (χ0v) is 19.2. The summed E-state index contributed by atoms with van der Waals surface area (Å²) >= 11 is 0. The van der Waals surface area contributed by atoms with Crippen LogP contribution in [0.25, 0.3) is 6.08 Å². The van der Waals surface area contributed by atoms with Gasteiger partial charge in [0.15, 0.2) is 11.5 Å². The van der Waals surface area contributed by atoms with E-state index < -0.39 is 0 Å². The van der Waals surface area contributed by atoms with E-state index in [0.29, 0.717) is 66.1 Å². The van der Waals surface area contributed by atoms with Gasteiger partial charge in [0.05, 0.1) is 52.9 Å². The lowest BCUT2D eigenvalue weighted by atomic mass is 10.2. The zero-order chi connectivity index (χ0) is 22.3. The minimum Gasteiger partial charge on any atom is -0.488 e. The van der Waals surface area contributed by atoms with E-state index >= 15 is 0 Å². The van der Waals surface area contributed by atoms with Crippen molar-refractivity contribution < 1.29 is 28.4 Å². The number of benzene rings is 1. The Kier molecular flexibility index (Phi) is 11.9. The van der Waals surface area contributed by atoms with Crippen LogP contribution < -0.4 is 9.47 Å². The topological polar surface area (TPSA) is 61.9 Å². The van der Waals surface area contributed by atoms with Crippen molar-refractivity contribution in [3.63, 3.8) is 0 Å². The molecule has 0 atom stereocenters. The molecule has 2 bridgehead atoms. The Hall–Kier alpha value is -1.68. The molecule has 1 aromatic carbocycles. The van der Waals surface area contributed by atoms with E-state index in [-0.39, 0.29) is 0 Å². The largest absolute Gasteiger partial charge is 0.488 e. The van der Waals surface area contributed by atoms with Gasteiger partial charge in [-0.3, -0.25) is 9.80 Å². The van der Waals surface area contributed by atoms with Gasteiger partial charge in [0, 0.05) is 39.3 Å². The average molecular weight is 451 g/mol. The maximum absolute atomic E-state index is 6.15. The summed E-state index contributed by atoms with van der Waals surface area (Å²) in [5, 5.41) is 0. The van der Waals surface area contributed by atoms with Gasteiger partial charge in [-0.2, -0.15) is 0 Å². The van der Waals surface area contributed by atoms with Crippen LogP contribution in [-0.2, 0) is 18.9 Å². The molecule has 0 aromatic heterocycles. The molecule has 0 unspecified atom stereocenters. The monoisotopic (exact) mass is 450 g/mol. The predicted octanol–water partition coefficient (Wildman–Crippen LogP) is 1.78. The Balaban J connectivity index is 1.73. The van der Waals surface area contributed by atoms with Gasteiger partial charge in [0.2, 0.25) is 0 Å². The van der Waals surface area contributed by atoms with Gasteiger partial charge in [-0.25, -0.2) is 0 Å². The Morgan fingerprint density at radius 3 is 1.47 bits per heavy atom. The highest BCUT2D eigenvalue weighted by Gasteiger charge is 2.12. The smallest absolute Gasteiger partial charge is 0.161 e. The maximum Gasteiger partial charge on any atom is 0.161 e. The van der Waals surface area contributed by atoms with Crippen LogP contribution in [0.15, 0.2) is 24.8 Å². The summed E-state index contributed by atoms with van der Waals surface area (Å²) in [6, 6.07) is 5.93. The molecular formula is C24H38N2O6. The molecule has 1 saturated heterocycles. The number of hydrogen-bond acceptors (Lipinski definition) is 8. The molecule has 0 saturated carbocycles. The highest BCUT2D eigenvalue weighted by atomic mass is 16.5. The molecule has 4 rings (SSSR count). The molecule has 1 aromatic rings. The first-order valence-electron chi connectivity index (χ1n) is 11.6. The van der Waals surface area contributed by atoms with Gasteiger partial charge in [-0.15, -0.1) is 0 Å². The van der Waals surface area contributed by atoms with Crippen molar-refractivity contribution in [2.45, 2.75) is 0 Å². The second-order valence-electron chi connectivity index (χ2n) is 7.74. The summed E-state index contributed by atoms with van der Waals surface area (Å²) < 4.78 is 35.4. The first kappa shape index (κ1) is 25.0. The molecular weight excluding hydrogens is 412 g/mol. The van der Waals surface area contributed by atoms with Crippen molar-refractivity contribution in [1.29, 1.82) is 0 Å². The second kappa shape index (κ2) is 15.2. The van der Waals surface area contributed by atoms with Crippen LogP contribution in [-0.4, -0.2) is 115 Å². The molecule has 0 amide bonds. The summed E-state index contributed by atoms with van der Waals surface area (Å²) in [6.07, 6.45) is 1.82. The van der Waals surface area contributed by atoms with Crippen LogP contribution in [0.1, 0.15) is 5.56 Å². The van der Waals surface area contributed by atoms with Crippen molar-refractivity contribution in [2.75, 3.05) is 105 Å². The fourth-order valence-electron chi connectivity index (χ4n) is 3.54. The van der Waals surface area contributed by atoms with Crippen LogP contribution in [0.2, 0.25) is 0 Å². The fourth-order valence-corrected chi connectivity index (χ4v) is 3.54. The van der Waals surface area contributed by atoms with E-state index in [1.807, 2.05) is 24.3 Å². The number of nitrogens with zero attached hydrogens (tertiary/aromatic N) is 2. The van der Waals surface area contributed by atoms with E-state index in [4.69, 9.17) is 28.4 Å². The lowest BCUT2D eigenvalue weighted by Gasteiger charge is -2.25. The zero-order valence-electron chi connectivity index (χ0n) is 19.2. The van der Waals surface area contributed by atoms with Gasteiger partial charge in [-0.1, -0.05) is 18.7 Å². The standard InChI is InChI=1S/C24H38N2O6/c1-2-22-3-4-23-24(21-22)32-16-10-26-7-13-29-19-17-27-11-5-25(9-15-31-23)6-12-28-18-20-30-14-8-26/h2-4,21H,1,5-20H2. The SMILES string of the molecule is C=Cc1ccc2c(c1)OCCN1CCOCCOCCN(CCOCCOCC1)CCO2. The third kappa shape index (κ3) is 9.44. The van der Waals surface area contributed by atoms with Crippen LogP contribution in [0.5, 0.6) is 11.5 Å². The minimum atomic E-state index is 0.551. The average Bonchev–Trinajstić information content (AvgIpc) is 2.81. The molecule has 32 heavy (non-hydrogen) atoms. The summed E-state index contributed by atoms with van der Waals surface area (Å²) in [5.41, 5.74) is 1.01. The second-order valence-corrected chi connectivity index (χ2v) is 7.74. The fraction of sp³-hybridized carbons (Fsp3) is 0.667. The lowest BCUT2D eigenvalue weighted by molar-refractivity contribution is 0.00506. The predicted molar refractivity (Wildman–Crippen MR) is 124 cm³/mol. The highest BCUT2D eigenvalue weighted by molar-refractivity contribution is 5.54. The van der Waals surface area contributed by atoms with Crippen molar-refractivity contribution in [3.05, 3.63) is 30.3 Å². The molecule has 3 heterocycles. The van der Waals surface area contributed by atoms with Crippen molar-refractivity contribution in [3.8, 4) is 11.5 Å². The Morgan fingerprint density at radius 2 is 1.00 bits per heavy atom. The van der Waals surface area contributed by atoms with Gasteiger partial charge >= 0.3 is 0 Å². The first-order valence-corrected chi connectivity index (χ1v) is 11.6.